The summed E-state index contributed by atoms with van der Waals surface area (Å²) < 4.78 is 10.5. The minimum atomic E-state index is -0.995. The lowest BCUT2D eigenvalue weighted by Gasteiger charge is -2.12. The largest absolute Gasteiger partial charge is 0.460 e. The number of nitrogens with zero attached hydrogens (tertiary/aromatic N) is 3. The second-order valence-corrected chi connectivity index (χ2v) is 6.01. The Kier molecular flexibility index (Phi) is 13.2. The number of nitrogens with one attached hydrogen (secondary N) is 2. The zero-order chi connectivity index (χ0) is 23.4. The molecule has 1 aromatic carbocycles. The van der Waals surface area contributed by atoms with Crippen molar-refractivity contribution in [1.82, 2.24) is 10.6 Å². The molecule has 0 bridgehead atoms. The summed E-state index contributed by atoms with van der Waals surface area (Å²) in [6.45, 7) is 7.20. The molecule has 1 unspecified atom stereocenters. The van der Waals surface area contributed by atoms with E-state index in [0.29, 0.717) is 0 Å². The zero-order valence-corrected chi connectivity index (χ0v) is 17.3. The predicted octanol–water partition coefficient (Wildman–Crippen LogP) is 2.18. The van der Waals surface area contributed by atoms with Crippen LogP contribution in [0.1, 0.15) is 11.1 Å². The number of nitriles is 2. The molecule has 9 nitrogen and oxygen atoms in total. The lowest BCUT2D eigenvalue weighted by atomic mass is 10.1. The Bertz CT molecular complexity index is 944. The van der Waals surface area contributed by atoms with E-state index in [1.54, 1.807) is 36.6 Å². The van der Waals surface area contributed by atoms with Gasteiger partial charge in [-0.15, -0.1) is 0 Å². The molecule has 0 saturated carbocycles. The molecule has 0 aliphatic carbocycles. The molecule has 32 heavy (non-hydrogen) atoms. The van der Waals surface area contributed by atoms with Crippen LogP contribution in [0.3, 0.4) is 0 Å². The maximum Gasteiger partial charge on any atom is 0.325 e. The molecule has 0 aliphatic heterocycles. The van der Waals surface area contributed by atoms with Crippen molar-refractivity contribution in [2.45, 2.75) is 19.5 Å². The summed E-state index contributed by atoms with van der Waals surface area (Å²) in [7, 11) is 0. The molecule has 0 amide bonds. The monoisotopic (exact) mass is 433 g/mol. The van der Waals surface area contributed by atoms with Gasteiger partial charge in [0, 0.05) is 6.08 Å². The van der Waals surface area contributed by atoms with Crippen LogP contribution < -0.4 is 10.6 Å². The molecule has 0 radical (unpaired) electrons. The number of carbonyl (C=O) groups excluding carboxylic acids is 1. The molecule has 1 rings (SSSR count). The molecular formula is C23H23N5O4. The first-order chi connectivity index (χ1) is 15.6. The smallest absolute Gasteiger partial charge is 0.325 e. The molecule has 0 fully saturated rings. The number of hydrogen-bond donors (Lipinski definition) is 3. The second-order valence-electron chi connectivity index (χ2n) is 6.01. The van der Waals surface area contributed by atoms with Crippen LogP contribution in [0.25, 0.3) is 4.85 Å². The van der Waals surface area contributed by atoms with Gasteiger partial charge in [0.1, 0.15) is 13.2 Å². The van der Waals surface area contributed by atoms with Gasteiger partial charge in [-0.3, -0.25) is 4.79 Å². The highest BCUT2D eigenvalue weighted by molar-refractivity contribution is 5.71. The minimum Gasteiger partial charge on any atom is -0.460 e. The van der Waals surface area contributed by atoms with Crippen molar-refractivity contribution in [2.24, 2.45) is 0 Å². The molecule has 0 aliphatic rings. The third-order valence-electron chi connectivity index (χ3n) is 3.60. The molecule has 1 atom stereocenters. The minimum absolute atomic E-state index is 0.0497. The number of rotatable bonds is 13. The van der Waals surface area contributed by atoms with Crippen LogP contribution in [0.15, 0.2) is 72.7 Å². The van der Waals surface area contributed by atoms with E-state index in [0.717, 1.165) is 11.1 Å². The SMILES string of the molecule is [C-]#[N+]/C(C#N)=C/C=C/NCC(=O)OCc1ccc(COC(O)CN/C=C/C=C/C#N)cc1. The molecule has 3 N–H and O–H groups in total. The molecule has 0 heterocycles. The van der Waals surface area contributed by atoms with Gasteiger partial charge in [-0.2, -0.15) is 5.26 Å². The van der Waals surface area contributed by atoms with E-state index in [1.807, 2.05) is 18.2 Å². The second kappa shape index (κ2) is 16.4. The number of aliphatic hydroxyl groups excluding tert-OH is 1. The number of hydrogen-bond acceptors (Lipinski definition) is 8. The molecule has 0 saturated heterocycles. The van der Waals surface area contributed by atoms with Crippen molar-refractivity contribution in [3.63, 3.8) is 0 Å². The van der Waals surface area contributed by atoms with E-state index in [-0.39, 0.29) is 32.0 Å². The number of benzene rings is 1. The van der Waals surface area contributed by atoms with Gasteiger partial charge in [-0.1, -0.05) is 36.4 Å². The van der Waals surface area contributed by atoms with Crippen LogP contribution in [0.5, 0.6) is 0 Å². The van der Waals surface area contributed by atoms with Gasteiger partial charge in [0.15, 0.2) is 6.29 Å². The Morgan fingerprint density at radius 3 is 2.47 bits per heavy atom. The molecule has 1 aromatic rings. The first kappa shape index (κ1) is 25.7. The normalized spacial score (nSPS) is 12.2. The van der Waals surface area contributed by atoms with Gasteiger partial charge in [0.05, 0.1) is 31.9 Å². The third kappa shape index (κ3) is 12.3. The lowest BCUT2D eigenvalue weighted by Crippen LogP contribution is -2.25. The number of aliphatic hydroxyl groups is 1. The Morgan fingerprint density at radius 1 is 1.12 bits per heavy atom. The van der Waals surface area contributed by atoms with Crippen LogP contribution in [0.4, 0.5) is 0 Å². The quantitative estimate of drug-likeness (QED) is 0.142. The summed E-state index contributed by atoms with van der Waals surface area (Å²) in [6, 6.07) is 10.8. The molecule has 164 valence electrons. The van der Waals surface area contributed by atoms with E-state index in [9.17, 15) is 9.90 Å². The van der Waals surface area contributed by atoms with E-state index in [1.165, 1.54) is 24.4 Å². The number of carbonyl (C=O) groups is 1. The van der Waals surface area contributed by atoms with Crippen molar-refractivity contribution >= 4 is 5.97 Å². The summed E-state index contributed by atoms with van der Waals surface area (Å²) in [5.74, 6) is -0.454. The maximum absolute atomic E-state index is 11.7. The highest BCUT2D eigenvalue weighted by Crippen LogP contribution is 2.08. The molecular weight excluding hydrogens is 410 g/mol. The van der Waals surface area contributed by atoms with Crippen molar-refractivity contribution in [1.29, 1.82) is 10.5 Å². The van der Waals surface area contributed by atoms with Crippen molar-refractivity contribution in [3.05, 3.63) is 95.3 Å². The average molecular weight is 433 g/mol. The zero-order valence-electron chi connectivity index (χ0n) is 17.3. The maximum atomic E-state index is 11.7. The molecule has 0 aromatic heterocycles. The highest BCUT2D eigenvalue weighted by Gasteiger charge is 2.05. The third-order valence-corrected chi connectivity index (χ3v) is 3.60. The Labute approximate surface area is 187 Å². The van der Waals surface area contributed by atoms with E-state index < -0.39 is 12.3 Å². The van der Waals surface area contributed by atoms with Crippen molar-refractivity contribution < 1.29 is 19.4 Å². The van der Waals surface area contributed by atoms with E-state index in [2.05, 4.69) is 15.5 Å². The standard InChI is InChI=1S/C23H23N5O4/c1-26-21(14-25)6-5-13-28-16-23(30)32-18-20-9-7-19(8-10-20)17-31-22(29)15-27-12-4-2-3-11-24/h2-10,12-13,22,27-29H,15-18H2/b3-2+,12-4+,13-5+,21-6+. The summed E-state index contributed by atoms with van der Waals surface area (Å²) in [5, 5.41) is 32.3. The molecule has 0 spiro atoms. The Morgan fingerprint density at radius 2 is 1.81 bits per heavy atom. The summed E-state index contributed by atoms with van der Waals surface area (Å²) >= 11 is 0. The van der Waals surface area contributed by atoms with Gasteiger partial charge >= 0.3 is 5.97 Å². The fraction of sp³-hybridized carbons (Fsp3) is 0.217. The number of esters is 1. The summed E-state index contributed by atoms with van der Waals surface area (Å²) in [6.07, 6.45) is 9.37. The van der Waals surface area contributed by atoms with Gasteiger partial charge in [0.25, 0.3) is 5.70 Å². The van der Waals surface area contributed by atoms with Crippen LogP contribution in [0, 0.1) is 29.2 Å². The summed E-state index contributed by atoms with van der Waals surface area (Å²) in [5.41, 5.74) is 1.60. The van der Waals surface area contributed by atoms with Crippen molar-refractivity contribution in [3.8, 4) is 12.1 Å². The van der Waals surface area contributed by atoms with E-state index >= 15 is 0 Å². The summed E-state index contributed by atoms with van der Waals surface area (Å²) in [4.78, 5) is 14.7. The molecule has 9 heteroatoms. The van der Waals surface area contributed by atoms with Gasteiger partial charge in [-0.05, 0) is 35.7 Å². The predicted molar refractivity (Wildman–Crippen MR) is 116 cm³/mol. The van der Waals surface area contributed by atoms with Gasteiger partial charge in [-0.25, -0.2) is 10.1 Å². The fourth-order valence-electron chi connectivity index (χ4n) is 2.04. The first-order valence-electron chi connectivity index (χ1n) is 9.44. The van der Waals surface area contributed by atoms with Crippen LogP contribution >= 0.6 is 0 Å². The Hall–Kier alpha value is -4.36. The fourth-order valence-corrected chi connectivity index (χ4v) is 2.04. The van der Waals surface area contributed by atoms with Gasteiger partial charge in [0.2, 0.25) is 0 Å². The highest BCUT2D eigenvalue weighted by atomic mass is 16.6. The van der Waals surface area contributed by atoms with Crippen LogP contribution in [-0.4, -0.2) is 30.5 Å². The topological polar surface area (TPSA) is 132 Å². The lowest BCUT2D eigenvalue weighted by molar-refractivity contribution is -0.143. The number of ether oxygens (including phenoxy) is 2. The number of allylic oxidation sites excluding steroid dienone is 6. The van der Waals surface area contributed by atoms with Crippen LogP contribution in [0.2, 0.25) is 0 Å². The van der Waals surface area contributed by atoms with Crippen LogP contribution in [-0.2, 0) is 27.5 Å². The average Bonchev–Trinajstić information content (AvgIpc) is 2.81. The van der Waals surface area contributed by atoms with Crippen molar-refractivity contribution in [2.75, 3.05) is 13.1 Å². The van der Waals surface area contributed by atoms with E-state index in [4.69, 9.17) is 26.6 Å². The first-order valence-corrected chi connectivity index (χ1v) is 9.44. The Balaban J connectivity index is 2.27. The van der Waals surface area contributed by atoms with Gasteiger partial charge < -0.3 is 25.2 Å².